The molecule has 118 valence electrons. The van der Waals surface area contributed by atoms with Crippen LogP contribution < -0.4 is 5.73 Å². The van der Waals surface area contributed by atoms with Gasteiger partial charge in [0.15, 0.2) is 0 Å². The molecule has 0 aliphatic rings. The zero-order valence-electron chi connectivity index (χ0n) is 12.4. The third kappa shape index (κ3) is 3.87. The molecule has 0 fully saturated rings. The topological polar surface area (TPSA) is 89.7 Å². The van der Waals surface area contributed by atoms with E-state index in [4.69, 9.17) is 17.3 Å². The molecule has 0 saturated heterocycles. The third-order valence-corrected chi connectivity index (χ3v) is 5.48. The highest BCUT2D eigenvalue weighted by molar-refractivity contribution is 7.89. The Morgan fingerprint density at radius 3 is 2.48 bits per heavy atom. The Balaban J connectivity index is 3.36. The molecule has 1 rings (SSSR count). The normalized spacial score (nSPS) is 12.0. The summed E-state index contributed by atoms with van der Waals surface area (Å²) in [6.45, 7) is 4.66. The number of hydrogen-bond acceptors (Lipinski definition) is 5. The number of nitrogens with two attached hydrogens (primary N) is 1. The summed E-state index contributed by atoms with van der Waals surface area (Å²) in [5, 5.41) is 0.0669. The maximum atomic E-state index is 12.7. The molecule has 0 saturated carbocycles. The third-order valence-electron chi connectivity index (χ3n) is 3.00. The highest BCUT2D eigenvalue weighted by Gasteiger charge is 2.31. The minimum absolute atomic E-state index is 0.0669. The van der Waals surface area contributed by atoms with E-state index >= 15 is 0 Å². The molecule has 0 aromatic heterocycles. The number of carbonyl (C=O) groups is 1. The van der Waals surface area contributed by atoms with Crippen LogP contribution in [0.15, 0.2) is 17.0 Å². The van der Waals surface area contributed by atoms with E-state index in [1.54, 1.807) is 20.8 Å². The molecule has 0 heterocycles. The molecule has 0 unspecified atom stereocenters. The Morgan fingerprint density at radius 2 is 2.00 bits per heavy atom. The van der Waals surface area contributed by atoms with E-state index in [0.29, 0.717) is 11.3 Å². The van der Waals surface area contributed by atoms with Crippen molar-refractivity contribution >= 4 is 33.3 Å². The zero-order chi connectivity index (χ0) is 16.4. The number of methoxy groups -OCH3 is 1. The monoisotopic (exact) mass is 334 g/mol. The Bertz CT molecular complexity index is 644. The minimum Gasteiger partial charge on any atom is -0.468 e. The van der Waals surface area contributed by atoms with Crippen molar-refractivity contribution in [3.8, 4) is 0 Å². The van der Waals surface area contributed by atoms with Crippen molar-refractivity contribution in [1.82, 2.24) is 4.31 Å². The predicted octanol–water partition coefficient (Wildman–Crippen LogP) is 1.80. The smallest absolute Gasteiger partial charge is 0.321 e. The average molecular weight is 335 g/mol. The fourth-order valence-electron chi connectivity index (χ4n) is 1.73. The standard InChI is InChI=1S/C13H19ClN2O4S/c1-8(2)16(7-13(17)20-4)21(18,19)12-6-11(15)9(3)5-10(12)14/h5-6,8H,7,15H2,1-4H3. The maximum Gasteiger partial charge on any atom is 0.321 e. The number of benzene rings is 1. The number of esters is 1. The molecule has 1 aromatic rings. The van der Waals surface area contributed by atoms with Crippen LogP contribution >= 0.6 is 11.6 Å². The molecule has 2 N–H and O–H groups in total. The first-order valence-electron chi connectivity index (χ1n) is 6.25. The Hall–Kier alpha value is -1.31. The van der Waals surface area contributed by atoms with E-state index in [1.165, 1.54) is 19.2 Å². The van der Waals surface area contributed by atoms with Gasteiger partial charge >= 0.3 is 5.97 Å². The van der Waals surface area contributed by atoms with Crippen molar-refractivity contribution in [1.29, 1.82) is 0 Å². The number of nitrogen functional groups attached to an aromatic ring is 1. The molecule has 0 amide bonds. The summed E-state index contributed by atoms with van der Waals surface area (Å²) in [5.41, 5.74) is 6.76. The van der Waals surface area contributed by atoms with E-state index in [2.05, 4.69) is 4.74 Å². The molecule has 0 spiro atoms. The summed E-state index contributed by atoms with van der Waals surface area (Å²) in [7, 11) is -2.76. The summed E-state index contributed by atoms with van der Waals surface area (Å²) in [6, 6.07) is 2.35. The number of sulfonamides is 1. The van der Waals surface area contributed by atoms with E-state index < -0.39 is 22.0 Å². The van der Waals surface area contributed by atoms with Crippen molar-refractivity contribution < 1.29 is 17.9 Å². The SMILES string of the molecule is COC(=O)CN(C(C)C)S(=O)(=O)c1cc(N)c(C)cc1Cl. The average Bonchev–Trinajstić information content (AvgIpc) is 2.38. The van der Waals surface area contributed by atoms with Gasteiger partial charge in [0.2, 0.25) is 10.0 Å². The van der Waals surface area contributed by atoms with Gasteiger partial charge in [-0.25, -0.2) is 8.42 Å². The predicted molar refractivity (Wildman–Crippen MR) is 81.6 cm³/mol. The molecule has 0 aliphatic heterocycles. The van der Waals surface area contributed by atoms with Crippen molar-refractivity contribution in [2.75, 3.05) is 19.4 Å². The van der Waals surface area contributed by atoms with Gasteiger partial charge in [0.1, 0.15) is 11.4 Å². The lowest BCUT2D eigenvalue weighted by atomic mass is 10.2. The quantitative estimate of drug-likeness (QED) is 0.655. The Labute approximate surface area is 129 Å². The molecular formula is C13H19ClN2O4S. The molecule has 0 aliphatic carbocycles. The molecule has 21 heavy (non-hydrogen) atoms. The van der Waals surface area contributed by atoms with Crippen molar-refractivity contribution in [2.45, 2.75) is 31.7 Å². The molecule has 0 atom stereocenters. The fourth-order valence-corrected chi connectivity index (χ4v) is 3.90. The fraction of sp³-hybridized carbons (Fsp3) is 0.462. The summed E-state index contributed by atoms with van der Waals surface area (Å²) in [4.78, 5) is 11.3. The number of halogens is 1. The van der Waals surface area contributed by atoms with Gasteiger partial charge in [0.25, 0.3) is 0 Å². The molecule has 6 nitrogen and oxygen atoms in total. The van der Waals surface area contributed by atoms with Gasteiger partial charge in [0, 0.05) is 11.7 Å². The molecule has 0 bridgehead atoms. The van der Waals surface area contributed by atoms with Gasteiger partial charge in [-0.05, 0) is 38.5 Å². The van der Waals surface area contributed by atoms with Gasteiger partial charge in [-0.15, -0.1) is 0 Å². The first-order chi connectivity index (χ1) is 9.61. The molecule has 8 heteroatoms. The molecule has 0 radical (unpaired) electrons. The number of rotatable bonds is 5. The first-order valence-corrected chi connectivity index (χ1v) is 8.07. The summed E-state index contributed by atoms with van der Waals surface area (Å²) < 4.78 is 30.9. The highest BCUT2D eigenvalue weighted by Crippen LogP contribution is 2.30. The lowest BCUT2D eigenvalue weighted by Crippen LogP contribution is -2.41. The van der Waals surface area contributed by atoms with Gasteiger partial charge < -0.3 is 10.5 Å². The summed E-state index contributed by atoms with van der Waals surface area (Å²) in [5.74, 6) is -0.650. The van der Waals surface area contributed by atoms with Crippen LogP contribution in [-0.2, 0) is 19.6 Å². The number of aryl methyl sites for hydroxylation is 1. The van der Waals surface area contributed by atoms with Gasteiger partial charge in [-0.2, -0.15) is 4.31 Å². The van der Waals surface area contributed by atoms with Crippen LogP contribution in [0.25, 0.3) is 0 Å². The van der Waals surface area contributed by atoms with Crippen molar-refractivity contribution in [3.05, 3.63) is 22.7 Å². The zero-order valence-corrected chi connectivity index (χ0v) is 14.0. The van der Waals surface area contributed by atoms with Crippen LogP contribution in [-0.4, -0.2) is 38.4 Å². The van der Waals surface area contributed by atoms with Crippen LogP contribution in [0, 0.1) is 6.92 Å². The summed E-state index contributed by atoms with van der Waals surface area (Å²) >= 11 is 6.03. The van der Waals surface area contributed by atoms with E-state index in [1.807, 2.05) is 0 Å². The number of anilines is 1. The second-order valence-corrected chi connectivity index (χ2v) is 7.13. The number of carbonyl (C=O) groups excluding carboxylic acids is 1. The van der Waals surface area contributed by atoms with Crippen molar-refractivity contribution in [2.24, 2.45) is 0 Å². The highest BCUT2D eigenvalue weighted by atomic mass is 35.5. The van der Waals surface area contributed by atoms with Crippen LogP contribution in [0.4, 0.5) is 5.69 Å². The largest absolute Gasteiger partial charge is 0.468 e. The number of hydrogen-bond donors (Lipinski definition) is 1. The van der Waals surface area contributed by atoms with Crippen LogP contribution in [0.1, 0.15) is 19.4 Å². The minimum atomic E-state index is -3.95. The van der Waals surface area contributed by atoms with E-state index in [-0.39, 0.29) is 16.5 Å². The van der Waals surface area contributed by atoms with Crippen LogP contribution in [0.3, 0.4) is 0 Å². The number of nitrogens with zero attached hydrogens (tertiary/aromatic N) is 1. The van der Waals surface area contributed by atoms with E-state index in [9.17, 15) is 13.2 Å². The second-order valence-electron chi connectivity index (χ2n) is 4.86. The van der Waals surface area contributed by atoms with Crippen LogP contribution in [0.2, 0.25) is 5.02 Å². The van der Waals surface area contributed by atoms with Crippen molar-refractivity contribution in [3.63, 3.8) is 0 Å². The molecular weight excluding hydrogens is 316 g/mol. The first kappa shape index (κ1) is 17.7. The Kier molecular flexibility index (Phi) is 5.61. The lowest BCUT2D eigenvalue weighted by molar-refractivity contribution is -0.141. The second kappa shape index (κ2) is 6.64. The maximum absolute atomic E-state index is 12.7. The van der Waals surface area contributed by atoms with Gasteiger partial charge in [-0.3, -0.25) is 4.79 Å². The van der Waals surface area contributed by atoms with Crippen LogP contribution in [0.5, 0.6) is 0 Å². The Morgan fingerprint density at radius 1 is 1.43 bits per heavy atom. The van der Waals surface area contributed by atoms with Gasteiger partial charge in [0.05, 0.1) is 12.1 Å². The van der Waals surface area contributed by atoms with Gasteiger partial charge in [-0.1, -0.05) is 11.6 Å². The lowest BCUT2D eigenvalue weighted by Gasteiger charge is -2.25. The number of ether oxygens (including phenoxy) is 1. The summed E-state index contributed by atoms with van der Waals surface area (Å²) in [6.07, 6.45) is 0. The van der Waals surface area contributed by atoms with E-state index in [0.717, 1.165) is 4.31 Å². The molecule has 1 aromatic carbocycles.